The molecular formula is C12H19N4O+. The van der Waals surface area contributed by atoms with E-state index < -0.39 is 0 Å². The second-order valence-electron chi connectivity index (χ2n) is 3.93. The van der Waals surface area contributed by atoms with Gasteiger partial charge in [0.05, 0.1) is 11.7 Å². The maximum absolute atomic E-state index is 11.3. The first-order chi connectivity index (χ1) is 8.02. The van der Waals surface area contributed by atoms with Crippen molar-refractivity contribution in [3.05, 3.63) is 29.8 Å². The number of nitrogens with one attached hydrogen (secondary N) is 2. The summed E-state index contributed by atoms with van der Waals surface area (Å²) in [5.74, 6) is 0.295. The Bertz CT molecular complexity index is 407. The maximum Gasteiger partial charge on any atom is 0.343 e. The number of hydrogen-bond donors (Lipinski definition) is 4. The van der Waals surface area contributed by atoms with Crippen molar-refractivity contribution in [3.63, 3.8) is 0 Å². The summed E-state index contributed by atoms with van der Waals surface area (Å²) in [6.45, 7) is 1.58. The van der Waals surface area contributed by atoms with Crippen molar-refractivity contribution in [1.29, 1.82) is 0 Å². The van der Waals surface area contributed by atoms with Gasteiger partial charge >= 0.3 is 5.96 Å². The first kappa shape index (κ1) is 13.2. The number of hydrogen-bond acceptors (Lipinski definition) is 2. The molecule has 5 nitrogen and oxygen atoms in total. The predicted molar refractivity (Wildman–Crippen MR) is 67.7 cm³/mol. The minimum atomic E-state index is -0.139. The fraction of sp³-hybridized carbons (Fsp3) is 0.333. The van der Waals surface area contributed by atoms with Crippen molar-refractivity contribution in [2.45, 2.75) is 19.4 Å². The van der Waals surface area contributed by atoms with Crippen LogP contribution in [0, 0.1) is 0 Å². The van der Waals surface area contributed by atoms with Gasteiger partial charge in [-0.2, -0.15) is 0 Å². The molecule has 6 N–H and O–H groups in total. The summed E-state index contributed by atoms with van der Waals surface area (Å²) >= 11 is 0. The zero-order valence-corrected chi connectivity index (χ0v) is 10.2. The topological polar surface area (TPSA) is 95.1 Å². The molecular weight excluding hydrogens is 216 g/mol. The molecule has 1 rings (SSSR count). The quantitative estimate of drug-likeness (QED) is 0.365. The molecule has 0 saturated carbocycles. The van der Waals surface area contributed by atoms with Crippen molar-refractivity contribution in [3.8, 4) is 0 Å². The van der Waals surface area contributed by atoms with E-state index in [1.807, 2.05) is 24.3 Å². The fourth-order valence-corrected chi connectivity index (χ4v) is 1.58. The molecule has 0 fully saturated rings. The molecule has 92 valence electrons. The SMILES string of the molecule is CN[C@@H](Cc1ccc([NH+]=C(N)N)cc1)C(C)=O. The highest BCUT2D eigenvalue weighted by atomic mass is 16.1. The van der Waals surface area contributed by atoms with Gasteiger partial charge in [-0.25, -0.2) is 4.99 Å². The van der Waals surface area contributed by atoms with E-state index in [4.69, 9.17) is 11.5 Å². The van der Waals surface area contributed by atoms with Crippen LogP contribution in [0.1, 0.15) is 12.5 Å². The number of rotatable bonds is 5. The summed E-state index contributed by atoms with van der Waals surface area (Å²) in [7, 11) is 1.78. The Hall–Kier alpha value is -1.88. The molecule has 0 aliphatic heterocycles. The van der Waals surface area contributed by atoms with E-state index in [0.29, 0.717) is 6.42 Å². The summed E-state index contributed by atoms with van der Waals surface area (Å²) < 4.78 is 0. The van der Waals surface area contributed by atoms with E-state index in [1.165, 1.54) is 0 Å². The molecule has 1 atom stereocenters. The van der Waals surface area contributed by atoms with Crippen LogP contribution < -0.4 is 21.8 Å². The highest BCUT2D eigenvalue weighted by molar-refractivity contribution is 5.81. The zero-order valence-electron chi connectivity index (χ0n) is 10.2. The van der Waals surface area contributed by atoms with E-state index in [9.17, 15) is 4.79 Å². The Kier molecular flexibility index (Phi) is 4.66. The van der Waals surface area contributed by atoms with Gasteiger partial charge in [-0.05, 0) is 38.1 Å². The molecule has 0 radical (unpaired) electrons. The van der Waals surface area contributed by atoms with E-state index in [0.717, 1.165) is 11.3 Å². The van der Waals surface area contributed by atoms with Gasteiger partial charge in [-0.15, -0.1) is 0 Å². The number of guanidine groups is 1. The van der Waals surface area contributed by atoms with Gasteiger partial charge in [0, 0.05) is 0 Å². The molecule has 0 aliphatic rings. The fourth-order valence-electron chi connectivity index (χ4n) is 1.58. The van der Waals surface area contributed by atoms with Crippen LogP contribution in [0.2, 0.25) is 0 Å². The number of nitrogens with two attached hydrogens (primary N) is 2. The van der Waals surface area contributed by atoms with Gasteiger partial charge in [-0.1, -0.05) is 12.1 Å². The highest BCUT2D eigenvalue weighted by Gasteiger charge is 2.11. The van der Waals surface area contributed by atoms with Crippen molar-refractivity contribution >= 4 is 17.4 Å². The first-order valence-electron chi connectivity index (χ1n) is 5.44. The molecule has 17 heavy (non-hydrogen) atoms. The van der Waals surface area contributed by atoms with Gasteiger partial charge in [0.2, 0.25) is 0 Å². The van der Waals surface area contributed by atoms with Crippen LogP contribution in [0.4, 0.5) is 5.69 Å². The number of likely N-dealkylation sites (N-methyl/N-ethyl adjacent to an activating group) is 1. The van der Waals surface area contributed by atoms with E-state index in [-0.39, 0.29) is 17.8 Å². The van der Waals surface area contributed by atoms with Crippen LogP contribution in [0.3, 0.4) is 0 Å². The zero-order chi connectivity index (χ0) is 12.8. The third kappa shape index (κ3) is 4.24. The Morgan fingerprint density at radius 3 is 2.35 bits per heavy atom. The lowest BCUT2D eigenvalue weighted by atomic mass is 10.0. The standard InChI is InChI=1S/C12H18N4O/c1-8(17)11(15-2)7-9-3-5-10(6-4-9)16-12(13)14/h3-6,11,15H,7H2,1-2H3,(H4,13,14,16)/p+1/t11-/m0/s1. The van der Waals surface area contributed by atoms with E-state index in [1.54, 1.807) is 14.0 Å². The van der Waals surface area contributed by atoms with Crippen LogP contribution in [-0.4, -0.2) is 24.8 Å². The number of carbonyl (C=O) groups is 1. The third-order valence-corrected chi connectivity index (χ3v) is 2.52. The normalized spacial score (nSPS) is 11.9. The molecule has 0 aliphatic carbocycles. The average molecular weight is 235 g/mol. The summed E-state index contributed by atoms with van der Waals surface area (Å²) in [6.07, 6.45) is 0.675. The van der Waals surface area contributed by atoms with Gasteiger partial charge in [0.1, 0.15) is 5.78 Å². The van der Waals surface area contributed by atoms with Crippen molar-refractivity contribution in [1.82, 2.24) is 5.32 Å². The molecule has 0 heterocycles. The first-order valence-corrected chi connectivity index (χ1v) is 5.44. The largest absolute Gasteiger partial charge is 0.343 e. The van der Waals surface area contributed by atoms with Gasteiger partial charge in [-0.3, -0.25) is 16.3 Å². The molecule has 0 amide bonds. The third-order valence-electron chi connectivity index (χ3n) is 2.52. The van der Waals surface area contributed by atoms with Crippen LogP contribution in [0.5, 0.6) is 0 Å². The number of ketones is 1. The van der Waals surface area contributed by atoms with Crippen LogP contribution in [-0.2, 0) is 11.2 Å². The molecule has 1 aromatic rings. The lowest BCUT2D eigenvalue weighted by molar-refractivity contribution is -0.356. The van der Waals surface area contributed by atoms with Crippen LogP contribution in [0.15, 0.2) is 24.3 Å². The Morgan fingerprint density at radius 1 is 1.35 bits per heavy atom. The molecule has 1 aromatic carbocycles. The lowest BCUT2D eigenvalue weighted by Crippen LogP contribution is -2.72. The monoisotopic (exact) mass is 235 g/mol. The Labute approximate surface area is 101 Å². The Morgan fingerprint density at radius 2 is 1.94 bits per heavy atom. The van der Waals surface area contributed by atoms with Crippen LogP contribution in [0.25, 0.3) is 0 Å². The Balaban J connectivity index is 2.74. The van der Waals surface area contributed by atoms with E-state index in [2.05, 4.69) is 10.3 Å². The molecule has 0 saturated heterocycles. The number of benzene rings is 1. The van der Waals surface area contributed by atoms with Gasteiger partial charge in [0.15, 0.2) is 0 Å². The second-order valence-corrected chi connectivity index (χ2v) is 3.93. The maximum atomic E-state index is 11.3. The summed E-state index contributed by atoms with van der Waals surface area (Å²) in [5.41, 5.74) is 12.6. The summed E-state index contributed by atoms with van der Waals surface area (Å²) in [6, 6.07) is 7.50. The van der Waals surface area contributed by atoms with Gasteiger partial charge < -0.3 is 5.32 Å². The number of carbonyl (C=O) groups excluding carboxylic acids is 1. The minimum absolute atomic E-state index is 0.134. The van der Waals surface area contributed by atoms with Crippen molar-refractivity contribution in [2.24, 2.45) is 11.5 Å². The molecule has 0 unspecified atom stereocenters. The average Bonchev–Trinajstić information content (AvgIpc) is 2.26. The number of Topliss-reactive ketones (excluding diaryl/α,β-unsaturated/α-hetero) is 1. The van der Waals surface area contributed by atoms with Crippen molar-refractivity contribution in [2.75, 3.05) is 7.05 Å². The van der Waals surface area contributed by atoms with Crippen LogP contribution >= 0.6 is 0 Å². The summed E-state index contributed by atoms with van der Waals surface area (Å²) in [5, 5.41) is 2.99. The molecule has 0 aromatic heterocycles. The lowest BCUT2D eigenvalue weighted by Gasteiger charge is -2.12. The minimum Gasteiger partial charge on any atom is -0.310 e. The smallest absolute Gasteiger partial charge is 0.310 e. The summed E-state index contributed by atoms with van der Waals surface area (Å²) in [4.78, 5) is 14.1. The van der Waals surface area contributed by atoms with Gasteiger partial charge in [0.25, 0.3) is 0 Å². The van der Waals surface area contributed by atoms with E-state index >= 15 is 0 Å². The highest BCUT2D eigenvalue weighted by Crippen LogP contribution is 2.07. The second kappa shape index (κ2) is 6.00. The molecule has 5 heteroatoms. The molecule has 0 spiro atoms. The predicted octanol–water partition coefficient (Wildman–Crippen LogP) is -1.61. The molecule has 0 bridgehead atoms. The van der Waals surface area contributed by atoms with Crippen molar-refractivity contribution < 1.29 is 9.79 Å².